The lowest BCUT2D eigenvalue weighted by molar-refractivity contribution is -0.137. The highest BCUT2D eigenvalue weighted by molar-refractivity contribution is 5.81. The Bertz CT molecular complexity index is 1890. The SMILES string of the molecule is C=CC(=O)OCC#Cc1ccc2c(c1)C(C)=C[C@H]1OCC(C3CCC(CCC)CC3)COc3ccc4c(c3[C@@H]21)C#CC(C#CCOC(=O)C=C)C4. The average Bonchev–Trinajstić information content (AvgIpc) is 3.23. The Morgan fingerprint density at radius 2 is 1.75 bits per heavy atom. The van der Waals surface area contributed by atoms with Crippen LogP contribution < -0.4 is 4.74 Å². The molecule has 2 aromatic carbocycles. The average molecular weight is 683 g/mol. The van der Waals surface area contributed by atoms with Crippen LogP contribution >= 0.6 is 0 Å². The first-order valence-electron chi connectivity index (χ1n) is 18.2. The second kappa shape index (κ2) is 16.8. The van der Waals surface area contributed by atoms with E-state index in [0.29, 0.717) is 31.5 Å². The molecule has 262 valence electrons. The van der Waals surface area contributed by atoms with Gasteiger partial charge in [-0.2, -0.15) is 0 Å². The Hall–Kier alpha value is -4.96. The summed E-state index contributed by atoms with van der Waals surface area (Å²) in [5.74, 6) is 20.4. The summed E-state index contributed by atoms with van der Waals surface area (Å²) in [6.07, 6.45) is 12.6. The van der Waals surface area contributed by atoms with E-state index < -0.39 is 11.9 Å². The Kier molecular flexibility index (Phi) is 11.8. The van der Waals surface area contributed by atoms with Crippen molar-refractivity contribution in [2.24, 2.45) is 23.7 Å². The molecule has 0 N–H and O–H groups in total. The van der Waals surface area contributed by atoms with E-state index in [-0.39, 0.29) is 31.2 Å². The standard InChI is InChI=1S/C45H46O6/c1-5-10-31-13-17-34(18-14-31)36-28-50-40-22-19-35-26-32(11-8-23-48-42(46)6-2)15-20-37(35)44(40)45-38-21-16-33(12-9-24-49-43(47)7-3)27-39(38)30(4)25-41(45)51-29-36/h6-7,16,19,21-22,25,27,31-32,34,36,41,45H,2-3,5,10,13-14,17-18,23-24,26,28-29H2,1,4H3/t31?,32?,34?,36?,41-,45+/m1/s1. The second-order valence-electron chi connectivity index (χ2n) is 13.9. The maximum absolute atomic E-state index is 11.5. The van der Waals surface area contributed by atoms with Crippen LogP contribution in [0.2, 0.25) is 0 Å². The fourth-order valence-corrected chi connectivity index (χ4v) is 7.98. The third-order valence-corrected chi connectivity index (χ3v) is 10.6. The monoisotopic (exact) mass is 682 g/mol. The molecular formula is C45H46O6. The number of hydrogen-bond acceptors (Lipinski definition) is 6. The van der Waals surface area contributed by atoms with Gasteiger partial charge in [-0.1, -0.05) is 99.5 Å². The third-order valence-electron chi connectivity index (χ3n) is 10.6. The Morgan fingerprint density at radius 1 is 0.980 bits per heavy atom. The fraction of sp³-hybridized carbons (Fsp3) is 0.422. The van der Waals surface area contributed by atoms with Crippen LogP contribution in [0.1, 0.15) is 91.7 Å². The minimum atomic E-state index is -0.495. The molecule has 1 heterocycles. The summed E-state index contributed by atoms with van der Waals surface area (Å²) in [4.78, 5) is 22.9. The summed E-state index contributed by atoms with van der Waals surface area (Å²) in [6, 6.07) is 10.5. The number of fused-ring (bicyclic) bond motifs is 7. The highest BCUT2D eigenvalue weighted by atomic mass is 16.5. The van der Waals surface area contributed by atoms with Gasteiger partial charge in [-0.15, -0.1) is 0 Å². The van der Waals surface area contributed by atoms with Gasteiger partial charge in [-0.3, -0.25) is 0 Å². The minimum absolute atomic E-state index is 0.00240. The predicted octanol–water partition coefficient (Wildman–Crippen LogP) is 7.57. The minimum Gasteiger partial charge on any atom is -0.493 e. The molecule has 2 aromatic rings. The first-order valence-corrected chi connectivity index (χ1v) is 18.2. The van der Waals surface area contributed by atoms with Gasteiger partial charge in [-0.25, -0.2) is 9.59 Å². The lowest BCUT2D eigenvalue weighted by Crippen LogP contribution is -2.32. The number of allylic oxidation sites excluding steroid dienone is 1. The van der Waals surface area contributed by atoms with E-state index in [1.807, 2.05) is 6.07 Å². The Morgan fingerprint density at radius 3 is 2.49 bits per heavy atom. The van der Waals surface area contributed by atoms with Crippen molar-refractivity contribution in [1.82, 2.24) is 0 Å². The molecule has 6 heteroatoms. The van der Waals surface area contributed by atoms with Crippen molar-refractivity contribution in [3.63, 3.8) is 0 Å². The molecule has 3 aliphatic carbocycles. The van der Waals surface area contributed by atoms with Crippen LogP contribution in [0.25, 0.3) is 5.57 Å². The zero-order valence-corrected chi connectivity index (χ0v) is 29.7. The van der Waals surface area contributed by atoms with Gasteiger partial charge in [0, 0.05) is 40.7 Å². The van der Waals surface area contributed by atoms with Crippen molar-refractivity contribution in [3.05, 3.63) is 95.1 Å². The van der Waals surface area contributed by atoms with Crippen LogP contribution in [-0.4, -0.2) is 44.5 Å². The van der Waals surface area contributed by atoms with Crippen molar-refractivity contribution in [2.45, 2.75) is 70.8 Å². The first kappa shape index (κ1) is 35.9. The molecule has 4 aliphatic rings. The number of hydrogen-bond donors (Lipinski definition) is 0. The zero-order valence-electron chi connectivity index (χ0n) is 29.7. The van der Waals surface area contributed by atoms with Crippen LogP contribution in [0.15, 0.2) is 61.7 Å². The number of carbonyl (C=O) groups is 2. The van der Waals surface area contributed by atoms with Crippen molar-refractivity contribution >= 4 is 17.5 Å². The molecular weight excluding hydrogens is 636 g/mol. The summed E-state index contributed by atoms with van der Waals surface area (Å²) in [6.45, 7) is 12.5. The molecule has 4 atom stereocenters. The number of ether oxygens (including phenoxy) is 4. The van der Waals surface area contributed by atoms with E-state index in [9.17, 15) is 9.59 Å². The molecule has 6 rings (SSSR count). The molecule has 2 unspecified atom stereocenters. The molecule has 0 amide bonds. The van der Waals surface area contributed by atoms with Gasteiger partial charge in [0.15, 0.2) is 13.2 Å². The normalized spacial score (nSPS) is 24.2. The largest absolute Gasteiger partial charge is 0.493 e. The van der Waals surface area contributed by atoms with Gasteiger partial charge in [0.2, 0.25) is 0 Å². The van der Waals surface area contributed by atoms with Crippen molar-refractivity contribution in [2.75, 3.05) is 26.4 Å². The highest BCUT2D eigenvalue weighted by Gasteiger charge is 2.38. The van der Waals surface area contributed by atoms with Gasteiger partial charge >= 0.3 is 11.9 Å². The molecule has 1 aliphatic heterocycles. The predicted molar refractivity (Wildman–Crippen MR) is 198 cm³/mol. The van der Waals surface area contributed by atoms with Crippen LogP contribution in [-0.2, 0) is 30.2 Å². The lowest BCUT2D eigenvalue weighted by Gasteiger charge is -2.35. The maximum Gasteiger partial charge on any atom is 0.331 e. The van der Waals surface area contributed by atoms with Gasteiger partial charge in [0.05, 0.1) is 25.2 Å². The third kappa shape index (κ3) is 8.51. The lowest BCUT2D eigenvalue weighted by atomic mass is 9.74. The van der Waals surface area contributed by atoms with Crippen LogP contribution in [0.3, 0.4) is 0 Å². The van der Waals surface area contributed by atoms with Crippen LogP contribution in [0.5, 0.6) is 5.75 Å². The number of benzene rings is 2. The van der Waals surface area contributed by atoms with E-state index in [4.69, 9.17) is 18.9 Å². The molecule has 1 fully saturated rings. The van der Waals surface area contributed by atoms with Gasteiger partial charge in [0.1, 0.15) is 5.75 Å². The van der Waals surface area contributed by atoms with Crippen molar-refractivity contribution < 1.29 is 28.5 Å². The fourth-order valence-electron chi connectivity index (χ4n) is 7.98. The van der Waals surface area contributed by atoms with Crippen molar-refractivity contribution in [1.29, 1.82) is 0 Å². The summed E-state index contributed by atoms with van der Waals surface area (Å²) in [5, 5.41) is 0. The van der Waals surface area contributed by atoms with Crippen molar-refractivity contribution in [3.8, 4) is 41.3 Å². The number of carbonyl (C=O) groups excluding carboxylic acids is 2. The quantitative estimate of drug-likeness (QED) is 0.171. The van der Waals surface area contributed by atoms with E-state index >= 15 is 0 Å². The van der Waals surface area contributed by atoms with E-state index in [0.717, 1.165) is 62.8 Å². The molecule has 0 aromatic heterocycles. The Balaban J connectivity index is 1.35. The molecule has 0 radical (unpaired) electrons. The number of rotatable bonds is 7. The Labute approximate surface area is 302 Å². The first-order chi connectivity index (χ1) is 24.9. The molecule has 1 saturated carbocycles. The molecule has 6 nitrogen and oxygen atoms in total. The summed E-state index contributed by atoms with van der Waals surface area (Å²) in [5.41, 5.74) is 7.37. The maximum atomic E-state index is 11.5. The molecule has 0 bridgehead atoms. The van der Waals surface area contributed by atoms with E-state index in [2.05, 4.69) is 92.9 Å². The summed E-state index contributed by atoms with van der Waals surface area (Å²) in [7, 11) is 0. The topological polar surface area (TPSA) is 71.1 Å². The number of esters is 2. The second-order valence-corrected chi connectivity index (χ2v) is 13.9. The molecule has 51 heavy (non-hydrogen) atoms. The molecule has 0 spiro atoms. The summed E-state index contributed by atoms with van der Waals surface area (Å²) < 4.78 is 23.9. The smallest absolute Gasteiger partial charge is 0.331 e. The summed E-state index contributed by atoms with van der Waals surface area (Å²) >= 11 is 0. The van der Waals surface area contributed by atoms with E-state index in [1.165, 1.54) is 38.5 Å². The van der Waals surface area contributed by atoms with Gasteiger partial charge in [0.25, 0.3) is 0 Å². The van der Waals surface area contributed by atoms with E-state index in [1.54, 1.807) is 0 Å². The zero-order chi connectivity index (χ0) is 35.7. The highest BCUT2D eigenvalue weighted by Crippen LogP contribution is 2.47. The molecule has 0 saturated heterocycles. The van der Waals surface area contributed by atoms with Crippen LogP contribution in [0, 0.1) is 59.2 Å². The van der Waals surface area contributed by atoms with Crippen LogP contribution in [0.4, 0.5) is 0 Å². The van der Waals surface area contributed by atoms with Gasteiger partial charge < -0.3 is 18.9 Å². The van der Waals surface area contributed by atoms with Gasteiger partial charge in [-0.05, 0) is 78.5 Å².